The molecule has 1 rings (SSSR count). The van der Waals surface area contributed by atoms with Gasteiger partial charge in [0.2, 0.25) is 0 Å². The molecule has 3 nitrogen and oxygen atoms in total. The number of likely N-dealkylation sites (N-methyl/N-ethyl adjacent to an activating group) is 1. The van der Waals surface area contributed by atoms with E-state index in [1.807, 2.05) is 0 Å². The first-order valence-electron chi connectivity index (χ1n) is 3.32. The molecule has 1 aliphatic rings. The first-order valence-corrected chi connectivity index (χ1v) is 4.10. The van der Waals surface area contributed by atoms with Gasteiger partial charge in [-0.1, -0.05) is 0 Å². The van der Waals surface area contributed by atoms with Crippen LogP contribution in [0.2, 0.25) is 0 Å². The third kappa shape index (κ3) is 2.18. The molecule has 0 aliphatic carbocycles. The predicted molar refractivity (Wildman–Crippen MR) is 42.3 cm³/mol. The molecular formula is C6H11N3S. The Hall–Kier alpha value is -0.240. The molecule has 0 amide bonds. The van der Waals surface area contributed by atoms with Gasteiger partial charge in [0.25, 0.3) is 0 Å². The molecule has 1 saturated heterocycles. The Balaban J connectivity index is 2.21. The molecule has 0 unspecified atom stereocenters. The van der Waals surface area contributed by atoms with Crippen LogP contribution in [0.15, 0.2) is 0 Å². The summed E-state index contributed by atoms with van der Waals surface area (Å²) in [7, 11) is 2.11. The number of nitriles is 1. The minimum Gasteiger partial charge on any atom is -0.304 e. The Morgan fingerprint density at radius 2 is 1.90 bits per heavy atom. The van der Waals surface area contributed by atoms with Crippen LogP contribution in [-0.4, -0.2) is 42.4 Å². The fourth-order valence-corrected chi connectivity index (χ4v) is 1.40. The highest BCUT2D eigenvalue weighted by Crippen LogP contribution is 2.09. The Labute approximate surface area is 65.7 Å². The molecule has 0 spiro atoms. The maximum absolute atomic E-state index is 8.34. The molecule has 4 heteroatoms. The van der Waals surface area contributed by atoms with E-state index in [1.165, 1.54) is 11.9 Å². The van der Waals surface area contributed by atoms with Gasteiger partial charge in [-0.25, -0.2) is 4.31 Å². The number of hydrogen-bond acceptors (Lipinski definition) is 4. The lowest BCUT2D eigenvalue weighted by Gasteiger charge is -2.29. The standard InChI is InChI=1S/C6H11N3S/c1-8-2-4-9(5-3-8)10-6-7/h2-5H2,1H3. The van der Waals surface area contributed by atoms with E-state index >= 15 is 0 Å². The van der Waals surface area contributed by atoms with Crippen molar-refractivity contribution in [3.05, 3.63) is 0 Å². The Kier molecular flexibility index (Phi) is 3.00. The average Bonchev–Trinajstić information content (AvgIpc) is 1.95. The zero-order valence-corrected chi connectivity index (χ0v) is 6.89. The van der Waals surface area contributed by atoms with Crippen LogP contribution in [0.5, 0.6) is 0 Å². The molecule has 0 atom stereocenters. The highest BCUT2D eigenvalue weighted by atomic mass is 32.2. The van der Waals surface area contributed by atoms with E-state index in [1.54, 1.807) is 0 Å². The number of hydrogen-bond donors (Lipinski definition) is 0. The van der Waals surface area contributed by atoms with Gasteiger partial charge >= 0.3 is 0 Å². The second-order valence-corrected chi connectivity index (χ2v) is 3.30. The topological polar surface area (TPSA) is 30.3 Å². The van der Waals surface area contributed by atoms with Crippen LogP contribution < -0.4 is 0 Å². The fraction of sp³-hybridized carbons (Fsp3) is 0.833. The first kappa shape index (κ1) is 7.86. The normalized spacial score (nSPS) is 22.4. The van der Waals surface area contributed by atoms with E-state index in [2.05, 4.69) is 21.7 Å². The number of rotatable bonds is 1. The lowest BCUT2D eigenvalue weighted by Crippen LogP contribution is -2.40. The molecule has 0 bridgehead atoms. The summed E-state index contributed by atoms with van der Waals surface area (Å²) < 4.78 is 2.10. The Morgan fingerprint density at radius 1 is 1.30 bits per heavy atom. The summed E-state index contributed by atoms with van der Waals surface area (Å²) in [6.07, 6.45) is 0. The second-order valence-electron chi connectivity index (χ2n) is 2.41. The summed E-state index contributed by atoms with van der Waals surface area (Å²) in [5.41, 5.74) is 0. The van der Waals surface area contributed by atoms with Gasteiger partial charge in [-0.15, -0.1) is 0 Å². The van der Waals surface area contributed by atoms with Crippen molar-refractivity contribution >= 4 is 11.9 Å². The van der Waals surface area contributed by atoms with Crippen molar-refractivity contribution in [1.82, 2.24) is 9.21 Å². The monoisotopic (exact) mass is 157 g/mol. The van der Waals surface area contributed by atoms with Gasteiger partial charge in [-0.2, -0.15) is 5.26 Å². The Morgan fingerprint density at radius 3 is 2.40 bits per heavy atom. The SMILES string of the molecule is CN1CCN(SC#N)CC1. The summed E-state index contributed by atoms with van der Waals surface area (Å²) >= 11 is 1.27. The van der Waals surface area contributed by atoms with Crippen LogP contribution >= 0.6 is 11.9 Å². The molecule has 1 heterocycles. The van der Waals surface area contributed by atoms with Crippen molar-refractivity contribution in [3.8, 4) is 5.40 Å². The van der Waals surface area contributed by atoms with Crippen molar-refractivity contribution in [2.75, 3.05) is 33.2 Å². The summed E-state index contributed by atoms with van der Waals surface area (Å²) in [6.45, 7) is 4.17. The van der Waals surface area contributed by atoms with Gasteiger partial charge in [0.1, 0.15) is 5.40 Å². The summed E-state index contributed by atoms with van der Waals surface area (Å²) in [4.78, 5) is 2.27. The van der Waals surface area contributed by atoms with E-state index in [0.717, 1.165) is 26.2 Å². The van der Waals surface area contributed by atoms with Crippen LogP contribution in [-0.2, 0) is 0 Å². The summed E-state index contributed by atoms with van der Waals surface area (Å²) in [5.74, 6) is 0. The summed E-state index contributed by atoms with van der Waals surface area (Å²) in [5, 5.41) is 10.4. The van der Waals surface area contributed by atoms with Gasteiger partial charge in [-0.05, 0) is 7.05 Å². The highest BCUT2D eigenvalue weighted by molar-refractivity contribution is 8.01. The van der Waals surface area contributed by atoms with Crippen molar-refractivity contribution in [1.29, 1.82) is 5.26 Å². The van der Waals surface area contributed by atoms with E-state index in [9.17, 15) is 0 Å². The van der Waals surface area contributed by atoms with E-state index < -0.39 is 0 Å². The highest BCUT2D eigenvalue weighted by Gasteiger charge is 2.12. The van der Waals surface area contributed by atoms with Crippen LogP contribution in [0.3, 0.4) is 0 Å². The molecule has 0 N–H and O–H groups in total. The lowest BCUT2D eigenvalue weighted by atomic mass is 10.4. The first-order chi connectivity index (χ1) is 4.83. The number of piperazine rings is 1. The zero-order valence-electron chi connectivity index (χ0n) is 6.08. The molecule has 0 aromatic rings. The van der Waals surface area contributed by atoms with Gasteiger partial charge < -0.3 is 4.90 Å². The van der Waals surface area contributed by atoms with Crippen molar-refractivity contribution < 1.29 is 0 Å². The molecule has 1 fully saturated rings. The number of nitrogens with zero attached hydrogens (tertiary/aromatic N) is 3. The minimum absolute atomic E-state index is 1.01. The maximum Gasteiger partial charge on any atom is 0.150 e. The third-order valence-electron chi connectivity index (χ3n) is 1.63. The van der Waals surface area contributed by atoms with Gasteiger partial charge in [0.05, 0.1) is 0 Å². The van der Waals surface area contributed by atoms with Crippen LogP contribution in [0.4, 0.5) is 0 Å². The number of thiocyanates is 1. The van der Waals surface area contributed by atoms with Crippen molar-refractivity contribution in [2.45, 2.75) is 0 Å². The zero-order chi connectivity index (χ0) is 7.40. The van der Waals surface area contributed by atoms with Gasteiger partial charge in [-0.3, -0.25) is 0 Å². The predicted octanol–water partition coefficient (Wildman–Crippen LogP) is 0.363. The quantitative estimate of drug-likeness (QED) is 0.406. The van der Waals surface area contributed by atoms with Crippen LogP contribution in [0.1, 0.15) is 0 Å². The van der Waals surface area contributed by atoms with Crippen molar-refractivity contribution in [3.63, 3.8) is 0 Å². The third-order valence-corrected chi connectivity index (χ3v) is 2.34. The van der Waals surface area contributed by atoms with Gasteiger partial charge in [0, 0.05) is 38.1 Å². The van der Waals surface area contributed by atoms with E-state index in [-0.39, 0.29) is 0 Å². The smallest absolute Gasteiger partial charge is 0.150 e. The van der Waals surface area contributed by atoms with Crippen molar-refractivity contribution in [2.24, 2.45) is 0 Å². The molecule has 0 aromatic carbocycles. The molecule has 0 radical (unpaired) electrons. The lowest BCUT2D eigenvalue weighted by molar-refractivity contribution is 0.234. The van der Waals surface area contributed by atoms with E-state index in [0.29, 0.717) is 0 Å². The largest absolute Gasteiger partial charge is 0.304 e. The van der Waals surface area contributed by atoms with Gasteiger partial charge in [0.15, 0.2) is 0 Å². The fourth-order valence-electron chi connectivity index (χ4n) is 0.937. The molecule has 0 aromatic heterocycles. The molecular weight excluding hydrogens is 146 g/mol. The molecule has 10 heavy (non-hydrogen) atoms. The maximum atomic E-state index is 8.34. The second kappa shape index (κ2) is 3.81. The summed E-state index contributed by atoms with van der Waals surface area (Å²) in [6, 6.07) is 0. The molecule has 1 aliphatic heterocycles. The molecule has 56 valence electrons. The van der Waals surface area contributed by atoms with Crippen LogP contribution in [0.25, 0.3) is 0 Å². The van der Waals surface area contributed by atoms with E-state index in [4.69, 9.17) is 5.26 Å². The van der Waals surface area contributed by atoms with Crippen LogP contribution in [0, 0.1) is 10.7 Å². The average molecular weight is 157 g/mol. The Bertz CT molecular complexity index is 134. The molecule has 0 saturated carbocycles. The minimum atomic E-state index is 1.01.